The van der Waals surface area contributed by atoms with E-state index in [4.69, 9.17) is 27.6 Å². The summed E-state index contributed by atoms with van der Waals surface area (Å²) in [7, 11) is 0. The van der Waals surface area contributed by atoms with Crippen LogP contribution in [0.1, 0.15) is 21.7 Å². The Balaban J connectivity index is 1.74. The van der Waals surface area contributed by atoms with Crippen LogP contribution in [-0.2, 0) is 17.8 Å². The highest BCUT2D eigenvalue weighted by Crippen LogP contribution is 2.26. The van der Waals surface area contributed by atoms with Gasteiger partial charge in [0.15, 0.2) is 0 Å². The van der Waals surface area contributed by atoms with Crippen LogP contribution in [0.3, 0.4) is 0 Å². The van der Waals surface area contributed by atoms with Crippen molar-refractivity contribution in [2.75, 3.05) is 0 Å². The molecule has 1 amide bonds. The third-order valence-electron chi connectivity index (χ3n) is 5.16. The van der Waals surface area contributed by atoms with Crippen LogP contribution in [0.5, 0.6) is 0 Å². The summed E-state index contributed by atoms with van der Waals surface area (Å²) < 4.78 is 5.87. The fourth-order valence-electron chi connectivity index (χ4n) is 3.59. The highest BCUT2D eigenvalue weighted by molar-refractivity contribution is 6.36. The molecule has 4 rings (SSSR count). The standard InChI is InChI=1S/C25H19Cl2NO4/c26-18-10-11-20(21(27)14-18)24(29)28(15-19-13-17-8-4-5-9-23(17)32-19)22(25(30)31)12-16-6-2-1-3-7-16/h1-11,13-14,22H,12,15H2,(H,30,31)/t22-/m0/s1. The lowest BCUT2D eigenvalue weighted by molar-refractivity contribution is -0.142. The average molecular weight is 468 g/mol. The lowest BCUT2D eigenvalue weighted by Gasteiger charge is -2.29. The van der Waals surface area contributed by atoms with E-state index < -0.39 is 17.9 Å². The van der Waals surface area contributed by atoms with Crippen LogP contribution in [0.15, 0.2) is 83.3 Å². The summed E-state index contributed by atoms with van der Waals surface area (Å²) in [5, 5.41) is 11.5. The molecule has 1 atom stereocenters. The molecule has 32 heavy (non-hydrogen) atoms. The van der Waals surface area contributed by atoms with Crippen LogP contribution >= 0.6 is 23.2 Å². The topological polar surface area (TPSA) is 70.8 Å². The van der Waals surface area contributed by atoms with Crippen LogP contribution < -0.4 is 0 Å². The number of fused-ring (bicyclic) bond motifs is 1. The molecule has 0 saturated heterocycles. The number of aliphatic carboxylic acids is 1. The Morgan fingerprint density at radius 1 is 0.938 bits per heavy atom. The van der Waals surface area contributed by atoms with Gasteiger partial charge < -0.3 is 14.4 Å². The third kappa shape index (κ3) is 4.79. The number of carbonyl (C=O) groups excluding carboxylic acids is 1. The lowest BCUT2D eigenvalue weighted by atomic mass is 10.0. The number of furan rings is 1. The van der Waals surface area contributed by atoms with Gasteiger partial charge >= 0.3 is 5.97 Å². The first kappa shape index (κ1) is 21.9. The summed E-state index contributed by atoms with van der Waals surface area (Å²) in [6.45, 7) is -0.0315. The van der Waals surface area contributed by atoms with E-state index >= 15 is 0 Å². The van der Waals surface area contributed by atoms with Gasteiger partial charge in [-0.15, -0.1) is 0 Å². The van der Waals surface area contributed by atoms with Gasteiger partial charge in [-0.1, -0.05) is 71.7 Å². The number of benzene rings is 3. The number of nitrogens with zero attached hydrogens (tertiary/aromatic N) is 1. The minimum Gasteiger partial charge on any atom is -0.480 e. The smallest absolute Gasteiger partial charge is 0.326 e. The van der Waals surface area contributed by atoms with Gasteiger partial charge in [0.2, 0.25) is 0 Å². The Hall–Kier alpha value is -3.28. The van der Waals surface area contributed by atoms with E-state index in [-0.39, 0.29) is 23.6 Å². The number of halogens is 2. The molecule has 0 fully saturated rings. The van der Waals surface area contributed by atoms with E-state index in [0.29, 0.717) is 16.4 Å². The predicted octanol–water partition coefficient (Wildman–Crippen LogP) is 6.08. The Morgan fingerprint density at radius 3 is 2.34 bits per heavy atom. The van der Waals surface area contributed by atoms with Crippen molar-refractivity contribution in [2.45, 2.75) is 19.0 Å². The van der Waals surface area contributed by atoms with Crippen molar-refractivity contribution in [3.05, 3.63) is 106 Å². The molecule has 1 N–H and O–H groups in total. The Kier molecular flexibility index (Phi) is 6.49. The molecule has 1 aromatic heterocycles. The first-order valence-electron chi connectivity index (χ1n) is 9.92. The van der Waals surface area contributed by atoms with E-state index in [1.807, 2.05) is 54.6 Å². The number of para-hydroxylation sites is 1. The number of rotatable bonds is 7. The van der Waals surface area contributed by atoms with Crippen molar-refractivity contribution >= 4 is 46.0 Å². The molecular weight excluding hydrogens is 449 g/mol. The summed E-state index contributed by atoms with van der Waals surface area (Å²) >= 11 is 12.3. The van der Waals surface area contributed by atoms with Gasteiger partial charge in [0.05, 0.1) is 17.1 Å². The molecule has 4 aromatic rings. The van der Waals surface area contributed by atoms with E-state index in [1.165, 1.54) is 17.0 Å². The molecule has 0 spiro atoms. The van der Waals surface area contributed by atoms with Gasteiger partial charge in [0.25, 0.3) is 5.91 Å². The van der Waals surface area contributed by atoms with Crippen LogP contribution in [0.4, 0.5) is 0 Å². The van der Waals surface area contributed by atoms with E-state index in [1.54, 1.807) is 12.1 Å². The fourth-order valence-corrected chi connectivity index (χ4v) is 4.08. The van der Waals surface area contributed by atoms with Crippen molar-refractivity contribution in [3.63, 3.8) is 0 Å². The maximum Gasteiger partial charge on any atom is 0.326 e. The monoisotopic (exact) mass is 467 g/mol. The maximum atomic E-state index is 13.5. The van der Waals surface area contributed by atoms with Crippen molar-refractivity contribution < 1.29 is 19.1 Å². The first-order valence-corrected chi connectivity index (χ1v) is 10.7. The number of amides is 1. The summed E-state index contributed by atoms with van der Waals surface area (Å²) in [6.07, 6.45) is 0.132. The quantitative estimate of drug-likeness (QED) is 0.357. The second kappa shape index (κ2) is 9.47. The van der Waals surface area contributed by atoms with Crippen LogP contribution in [0.2, 0.25) is 10.0 Å². The molecule has 0 aliphatic rings. The molecule has 7 heteroatoms. The normalized spacial score (nSPS) is 11.9. The minimum absolute atomic E-state index is 0.0315. The van der Waals surface area contributed by atoms with Gasteiger partial charge in [-0.05, 0) is 35.9 Å². The Morgan fingerprint density at radius 2 is 1.66 bits per heavy atom. The van der Waals surface area contributed by atoms with Crippen molar-refractivity contribution in [2.24, 2.45) is 0 Å². The molecule has 0 aliphatic heterocycles. The predicted molar refractivity (Wildman–Crippen MR) is 124 cm³/mol. The lowest BCUT2D eigenvalue weighted by Crippen LogP contribution is -2.46. The third-order valence-corrected chi connectivity index (χ3v) is 5.71. The van der Waals surface area contributed by atoms with Gasteiger partial charge in [0, 0.05) is 16.8 Å². The number of carboxylic acid groups (broad SMARTS) is 1. The highest BCUT2D eigenvalue weighted by atomic mass is 35.5. The Bertz CT molecular complexity index is 1240. The fraction of sp³-hybridized carbons (Fsp3) is 0.120. The van der Waals surface area contributed by atoms with E-state index in [2.05, 4.69) is 0 Å². The average Bonchev–Trinajstić information content (AvgIpc) is 3.19. The first-order chi connectivity index (χ1) is 15.4. The molecule has 0 radical (unpaired) electrons. The van der Waals surface area contributed by atoms with Gasteiger partial charge in [-0.3, -0.25) is 4.79 Å². The number of hydrogen-bond donors (Lipinski definition) is 1. The van der Waals surface area contributed by atoms with Gasteiger partial charge in [-0.2, -0.15) is 0 Å². The van der Waals surface area contributed by atoms with Crippen LogP contribution in [0.25, 0.3) is 11.0 Å². The molecule has 0 bridgehead atoms. The van der Waals surface area contributed by atoms with E-state index in [9.17, 15) is 14.7 Å². The zero-order chi connectivity index (χ0) is 22.7. The molecule has 5 nitrogen and oxygen atoms in total. The largest absolute Gasteiger partial charge is 0.480 e. The highest BCUT2D eigenvalue weighted by Gasteiger charge is 2.32. The SMILES string of the molecule is O=C(O)[C@H](Cc1ccccc1)N(Cc1cc2ccccc2o1)C(=O)c1ccc(Cl)cc1Cl. The molecule has 1 heterocycles. The molecule has 3 aromatic carbocycles. The van der Waals surface area contributed by atoms with Crippen molar-refractivity contribution in [1.29, 1.82) is 0 Å². The van der Waals surface area contributed by atoms with Crippen LogP contribution in [0, 0.1) is 0 Å². The van der Waals surface area contributed by atoms with Crippen LogP contribution in [-0.4, -0.2) is 27.9 Å². The van der Waals surface area contributed by atoms with Crippen molar-refractivity contribution in [3.8, 4) is 0 Å². The number of carbonyl (C=O) groups is 2. The van der Waals surface area contributed by atoms with E-state index in [0.717, 1.165) is 10.9 Å². The van der Waals surface area contributed by atoms with Gasteiger partial charge in [0.1, 0.15) is 17.4 Å². The minimum atomic E-state index is -1.13. The molecule has 0 unspecified atom stereocenters. The summed E-state index contributed by atoms with van der Waals surface area (Å²) in [4.78, 5) is 27.1. The molecule has 0 saturated carbocycles. The number of carboxylic acids is 1. The number of hydrogen-bond acceptors (Lipinski definition) is 3. The molecular formula is C25H19Cl2NO4. The Labute approximate surface area is 194 Å². The maximum absolute atomic E-state index is 13.5. The molecule has 162 valence electrons. The summed E-state index contributed by atoms with van der Waals surface area (Å²) in [5.41, 5.74) is 1.63. The second-order valence-corrected chi connectivity index (χ2v) is 8.20. The van der Waals surface area contributed by atoms with Crippen molar-refractivity contribution in [1.82, 2.24) is 4.90 Å². The second-order valence-electron chi connectivity index (χ2n) is 7.35. The zero-order valence-corrected chi connectivity index (χ0v) is 18.4. The summed E-state index contributed by atoms with van der Waals surface area (Å²) in [6, 6.07) is 21.8. The van der Waals surface area contributed by atoms with Gasteiger partial charge in [-0.25, -0.2) is 4.79 Å². The zero-order valence-electron chi connectivity index (χ0n) is 16.9. The summed E-state index contributed by atoms with van der Waals surface area (Å²) in [5.74, 6) is -1.16. The molecule has 0 aliphatic carbocycles.